The van der Waals surface area contributed by atoms with E-state index in [2.05, 4.69) is 85.1 Å². The van der Waals surface area contributed by atoms with Crippen LogP contribution >= 0.6 is 27.3 Å². The molecule has 0 bridgehead atoms. The number of rotatable bonds is 4. The van der Waals surface area contributed by atoms with Gasteiger partial charge >= 0.3 is 0 Å². The van der Waals surface area contributed by atoms with Crippen molar-refractivity contribution in [3.8, 4) is 0 Å². The number of aromatic nitrogens is 1. The molecule has 2 rings (SSSR count). The first kappa shape index (κ1) is 15.7. The van der Waals surface area contributed by atoms with Gasteiger partial charge in [0.1, 0.15) is 0 Å². The van der Waals surface area contributed by atoms with Gasteiger partial charge in [0.05, 0.1) is 10.7 Å². The number of nitrogens with one attached hydrogen (secondary N) is 1. The van der Waals surface area contributed by atoms with Crippen LogP contribution in [0.4, 0.5) is 0 Å². The smallest absolute Gasteiger partial charge is 0.0900 e. The van der Waals surface area contributed by atoms with Gasteiger partial charge in [-0.1, -0.05) is 28.1 Å². The minimum atomic E-state index is -0.0932. The van der Waals surface area contributed by atoms with Gasteiger partial charge in [-0.2, -0.15) is 0 Å². The minimum absolute atomic E-state index is 0.0932. The molecular weight excluding hydrogens is 332 g/mol. The molecule has 0 radical (unpaired) electrons. The van der Waals surface area contributed by atoms with Crippen LogP contribution < -0.4 is 5.32 Å². The Hall–Kier alpha value is -0.710. The minimum Gasteiger partial charge on any atom is -0.300 e. The zero-order valence-electron chi connectivity index (χ0n) is 12.6. The Morgan fingerprint density at radius 2 is 1.80 bits per heavy atom. The van der Waals surface area contributed by atoms with Crippen molar-refractivity contribution in [1.82, 2.24) is 10.3 Å². The fourth-order valence-corrected chi connectivity index (χ4v) is 3.68. The quantitative estimate of drug-likeness (QED) is 0.826. The molecule has 1 heterocycles. The van der Waals surface area contributed by atoms with Crippen LogP contribution in [0.5, 0.6) is 0 Å². The van der Waals surface area contributed by atoms with Crippen molar-refractivity contribution >= 4 is 27.3 Å². The lowest BCUT2D eigenvalue weighted by molar-refractivity contribution is 0.353. The molecule has 4 heteroatoms. The van der Waals surface area contributed by atoms with Gasteiger partial charge in [0.25, 0.3) is 0 Å². The van der Waals surface area contributed by atoms with Gasteiger partial charge in [0.15, 0.2) is 0 Å². The van der Waals surface area contributed by atoms with E-state index in [-0.39, 0.29) is 11.6 Å². The van der Waals surface area contributed by atoms with Crippen LogP contribution in [0.2, 0.25) is 0 Å². The van der Waals surface area contributed by atoms with Crippen LogP contribution in [0, 0.1) is 13.8 Å². The molecule has 1 N–H and O–H groups in total. The Morgan fingerprint density at radius 3 is 2.30 bits per heavy atom. The summed E-state index contributed by atoms with van der Waals surface area (Å²) in [5.74, 6) is 0. The van der Waals surface area contributed by atoms with Crippen molar-refractivity contribution in [2.24, 2.45) is 0 Å². The lowest BCUT2D eigenvalue weighted by Crippen LogP contribution is -2.38. The average Bonchev–Trinajstić information content (AvgIpc) is 2.68. The van der Waals surface area contributed by atoms with Crippen molar-refractivity contribution in [3.63, 3.8) is 0 Å². The second kappa shape index (κ2) is 5.96. The number of thiazole rings is 1. The van der Waals surface area contributed by atoms with E-state index in [4.69, 9.17) is 0 Å². The number of benzene rings is 1. The maximum Gasteiger partial charge on any atom is 0.0900 e. The number of nitrogens with zero attached hydrogens (tertiary/aromatic N) is 1. The number of aryl methyl sites for hydroxylation is 2. The van der Waals surface area contributed by atoms with E-state index in [1.807, 2.05) is 0 Å². The first-order chi connectivity index (χ1) is 9.29. The van der Waals surface area contributed by atoms with Crippen molar-refractivity contribution in [2.45, 2.75) is 46.2 Å². The summed E-state index contributed by atoms with van der Waals surface area (Å²) in [4.78, 5) is 5.95. The summed E-state index contributed by atoms with van der Waals surface area (Å²) in [7, 11) is 0. The number of hydrogen-bond acceptors (Lipinski definition) is 3. The third-order valence-corrected chi connectivity index (χ3v) is 4.92. The lowest BCUT2D eigenvalue weighted by atomic mass is 9.93. The van der Waals surface area contributed by atoms with E-state index < -0.39 is 0 Å². The zero-order chi connectivity index (χ0) is 14.9. The standard InChI is InChI=1S/C16H21BrN2S/c1-10(15-11(2)20-12(3)18-15)19-16(4,5)13-6-8-14(17)9-7-13/h6-10,19H,1-5H3. The Labute approximate surface area is 133 Å². The molecular formula is C16H21BrN2S. The number of hydrogen-bond donors (Lipinski definition) is 1. The van der Waals surface area contributed by atoms with Crippen molar-refractivity contribution in [2.75, 3.05) is 0 Å². The normalized spacial score (nSPS) is 13.5. The first-order valence-electron chi connectivity index (χ1n) is 6.77. The summed E-state index contributed by atoms with van der Waals surface area (Å²) in [5.41, 5.74) is 2.35. The molecule has 20 heavy (non-hydrogen) atoms. The van der Waals surface area contributed by atoms with E-state index in [0.717, 1.165) is 15.2 Å². The molecule has 2 aromatic rings. The molecule has 0 amide bonds. The Kier molecular flexibility index (Phi) is 4.67. The van der Waals surface area contributed by atoms with E-state index in [1.54, 1.807) is 11.3 Å². The zero-order valence-corrected chi connectivity index (χ0v) is 15.0. The van der Waals surface area contributed by atoms with Gasteiger partial charge in [-0.05, 0) is 52.3 Å². The first-order valence-corrected chi connectivity index (χ1v) is 8.38. The number of halogens is 1. The molecule has 0 aliphatic heterocycles. The van der Waals surface area contributed by atoms with E-state index >= 15 is 0 Å². The molecule has 0 aliphatic carbocycles. The van der Waals surface area contributed by atoms with Gasteiger partial charge in [-0.3, -0.25) is 5.32 Å². The molecule has 108 valence electrons. The van der Waals surface area contributed by atoms with Crippen molar-refractivity contribution in [1.29, 1.82) is 0 Å². The van der Waals surface area contributed by atoms with Gasteiger partial charge in [0.2, 0.25) is 0 Å². The Bertz CT molecular complexity index is 587. The fraction of sp³-hybridized carbons (Fsp3) is 0.438. The molecule has 0 aliphatic rings. The third-order valence-electron chi connectivity index (χ3n) is 3.49. The summed E-state index contributed by atoms with van der Waals surface area (Å²) in [6.45, 7) is 10.8. The molecule has 1 aromatic carbocycles. The average molecular weight is 353 g/mol. The largest absolute Gasteiger partial charge is 0.300 e. The topological polar surface area (TPSA) is 24.9 Å². The molecule has 1 atom stereocenters. The third kappa shape index (κ3) is 3.48. The molecule has 2 nitrogen and oxygen atoms in total. The van der Waals surface area contributed by atoms with E-state index in [9.17, 15) is 0 Å². The monoisotopic (exact) mass is 352 g/mol. The van der Waals surface area contributed by atoms with Crippen LogP contribution in [0.3, 0.4) is 0 Å². The highest BCUT2D eigenvalue weighted by atomic mass is 79.9. The van der Waals surface area contributed by atoms with Crippen LogP contribution in [-0.4, -0.2) is 4.98 Å². The summed E-state index contributed by atoms with van der Waals surface area (Å²) < 4.78 is 1.11. The second-order valence-electron chi connectivity index (χ2n) is 5.67. The van der Waals surface area contributed by atoms with Crippen LogP contribution in [0.15, 0.2) is 28.7 Å². The van der Waals surface area contributed by atoms with E-state index in [1.165, 1.54) is 10.4 Å². The summed E-state index contributed by atoms with van der Waals surface area (Å²) in [5, 5.41) is 4.82. The molecule has 0 saturated heterocycles. The maximum atomic E-state index is 4.65. The lowest BCUT2D eigenvalue weighted by Gasteiger charge is -2.30. The van der Waals surface area contributed by atoms with Crippen molar-refractivity contribution < 1.29 is 0 Å². The van der Waals surface area contributed by atoms with Crippen molar-refractivity contribution in [3.05, 3.63) is 49.9 Å². The predicted octanol–water partition coefficient (Wildman–Crippen LogP) is 5.11. The highest BCUT2D eigenvalue weighted by Gasteiger charge is 2.24. The Balaban J connectivity index is 2.19. The van der Waals surface area contributed by atoms with Crippen LogP contribution in [0.1, 0.15) is 48.0 Å². The highest BCUT2D eigenvalue weighted by molar-refractivity contribution is 9.10. The molecule has 0 saturated carbocycles. The van der Waals surface area contributed by atoms with Crippen LogP contribution in [-0.2, 0) is 5.54 Å². The van der Waals surface area contributed by atoms with Crippen LogP contribution in [0.25, 0.3) is 0 Å². The molecule has 1 aromatic heterocycles. The van der Waals surface area contributed by atoms with Gasteiger partial charge in [-0.25, -0.2) is 4.98 Å². The second-order valence-corrected chi connectivity index (χ2v) is 8.00. The van der Waals surface area contributed by atoms with E-state index in [0.29, 0.717) is 0 Å². The SMILES string of the molecule is Cc1nc(C(C)NC(C)(C)c2ccc(Br)cc2)c(C)s1. The maximum absolute atomic E-state index is 4.65. The summed E-state index contributed by atoms with van der Waals surface area (Å²) in [6, 6.07) is 8.72. The Morgan fingerprint density at radius 1 is 1.20 bits per heavy atom. The summed E-state index contributed by atoms with van der Waals surface area (Å²) >= 11 is 5.25. The van der Waals surface area contributed by atoms with Gasteiger partial charge < -0.3 is 0 Å². The van der Waals surface area contributed by atoms with Gasteiger partial charge in [0, 0.05) is 20.9 Å². The predicted molar refractivity (Wildman–Crippen MR) is 90.3 cm³/mol. The molecule has 0 fully saturated rings. The summed E-state index contributed by atoms with van der Waals surface area (Å²) in [6.07, 6.45) is 0. The van der Waals surface area contributed by atoms with Gasteiger partial charge in [-0.15, -0.1) is 11.3 Å². The fourth-order valence-electron chi connectivity index (χ4n) is 2.51. The molecule has 1 unspecified atom stereocenters. The molecule has 0 spiro atoms. The highest BCUT2D eigenvalue weighted by Crippen LogP contribution is 2.28.